The second-order valence-corrected chi connectivity index (χ2v) is 9.38. The number of halogens is 3. The maximum atomic E-state index is 13.5. The Morgan fingerprint density at radius 2 is 1.82 bits per heavy atom. The SMILES string of the molecule is CCOc1nccc(-c2[nH]c(C3CCN(C(=O)OCc4ccccc4)CC3)nc2-c2cccc(C(F)(F)F)c2)n1. The number of rotatable bonds is 7. The van der Waals surface area contributed by atoms with Crippen LogP contribution in [0.1, 0.15) is 42.6 Å². The lowest BCUT2D eigenvalue weighted by Crippen LogP contribution is -2.38. The number of likely N-dealkylation sites (tertiary alicyclic amines) is 1. The van der Waals surface area contributed by atoms with E-state index < -0.39 is 11.7 Å². The van der Waals surface area contributed by atoms with Crippen LogP contribution in [-0.2, 0) is 17.5 Å². The van der Waals surface area contributed by atoms with Crippen LogP contribution >= 0.6 is 0 Å². The van der Waals surface area contributed by atoms with Gasteiger partial charge in [-0.15, -0.1) is 0 Å². The van der Waals surface area contributed by atoms with Gasteiger partial charge in [-0.2, -0.15) is 18.2 Å². The molecule has 5 rings (SSSR count). The number of nitrogens with zero attached hydrogens (tertiary/aromatic N) is 4. The molecule has 1 saturated heterocycles. The van der Waals surface area contributed by atoms with Crippen LogP contribution in [0.4, 0.5) is 18.0 Å². The number of carbonyl (C=O) groups excluding carboxylic acids is 1. The second-order valence-electron chi connectivity index (χ2n) is 9.38. The molecule has 208 valence electrons. The van der Waals surface area contributed by atoms with Crippen molar-refractivity contribution in [1.82, 2.24) is 24.8 Å². The van der Waals surface area contributed by atoms with Crippen molar-refractivity contribution in [2.24, 2.45) is 0 Å². The first-order valence-electron chi connectivity index (χ1n) is 13.0. The van der Waals surface area contributed by atoms with Crippen molar-refractivity contribution in [2.45, 2.75) is 38.5 Å². The van der Waals surface area contributed by atoms with E-state index in [2.05, 4.69) is 15.0 Å². The van der Waals surface area contributed by atoms with E-state index in [1.54, 1.807) is 17.0 Å². The molecule has 3 heterocycles. The fourth-order valence-corrected chi connectivity index (χ4v) is 4.65. The molecule has 2 aromatic heterocycles. The molecule has 40 heavy (non-hydrogen) atoms. The molecule has 0 aliphatic carbocycles. The molecule has 1 aliphatic heterocycles. The van der Waals surface area contributed by atoms with E-state index in [1.165, 1.54) is 12.3 Å². The Balaban J connectivity index is 1.38. The number of ether oxygens (including phenoxy) is 2. The summed E-state index contributed by atoms with van der Waals surface area (Å²) in [4.78, 5) is 30.9. The molecule has 1 fully saturated rings. The van der Waals surface area contributed by atoms with Gasteiger partial charge < -0.3 is 19.4 Å². The summed E-state index contributed by atoms with van der Waals surface area (Å²) in [5, 5.41) is 0. The van der Waals surface area contributed by atoms with Gasteiger partial charge in [0.25, 0.3) is 0 Å². The largest absolute Gasteiger partial charge is 0.464 e. The summed E-state index contributed by atoms with van der Waals surface area (Å²) in [5.41, 5.74) is 1.74. The molecule has 0 spiro atoms. The van der Waals surface area contributed by atoms with Gasteiger partial charge in [0.1, 0.15) is 12.4 Å². The highest BCUT2D eigenvalue weighted by Gasteiger charge is 2.32. The molecular weight excluding hydrogens is 523 g/mol. The Kier molecular flexibility index (Phi) is 7.99. The zero-order chi connectivity index (χ0) is 28.1. The number of alkyl halides is 3. The van der Waals surface area contributed by atoms with E-state index in [-0.39, 0.29) is 24.6 Å². The van der Waals surface area contributed by atoms with E-state index in [0.717, 1.165) is 17.7 Å². The zero-order valence-corrected chi connectivity index (χ0v) is 21.8. The van der Waals surface area contributed by atoms with Gasteiger partial charge in [0.15, 0.2) is 0 Å². The van der Waals surface area contributed by atoms with Crippen LogP contribution in [0.15, 0.2) is 66.9 Å². The quantitative estimate of drug-likeness (QED) is 0.283. The number of aromatic amines is 1. The molecule has 0 unspecified atom stereocenters. The highest BCUT2D eigenvalue weighted by molar-refractivity contribution is 5.77. The highest BCUT2D eigenvalue weighted by atomic mass is 19.4. The van der Waals surface area contributed by atoms with E-state index in [1.807, 2.05) is 37.3 Å². The van der Waals surface area contributed by atoms with Crippen molar-refractivity contribution < 1.29 is 27.4 Å². The van der Waals surface area contributed by atoms with Gasteiger partial charge in [0, 0.05) is 30.8 Å². The summed E-state index contributed by atoms with van der Waals surface area (Å²) in [6.45, 7) is 3.31. The maximum absolute atomic E-state index is 13.5. The number of carbonyl (C=O) groups is 1. The Bertz CT molecular complexity index is 1450. The van der Waals surface area contributed by atoms with Crippen molar-refractivity contribution >= 4 is 6.09 Å². The Hall–Kier alpha value is -4.41. The molecule has 0 bridgehead atoms. The van der Waals surface area contributed by atoms with Crippen molar-refractivity contribution in [2.75, 3.05) is 19.7 Å². The van der Waals surface area contributed by atoms with E-state index >= 15 is 0 Å². The molecule has 2 aromatic carbocycles. The van der Waals surface area contributed by atoms with Crippen molar-refractivity contribution in [3.63, 3.8) is 0 Å². The van der Waals surface area contributed by atoms with Gasteiger partial charge in [-0.1, -0.05) is 42.5 Å². The summed E-state index contributed by atoms with van der Waals surface area (Å²) in [7, 11) is 0. The molecule has 1 N–H and O–H groups in total. The fourth-order valence-electron chi connectivity index (χ4n) is 4.65. The molecule has 4 aromatic rings. The van der Waals surface area contributed by atoms with Gasteiger partial charge >= 0.3 is 18.3 Å². The molecular formula is C29H28F3N5O3. The summed E-state index contributed by atoms with van der Waals surface area (Å²) in [6.07, 6.45) is -2.11. The average Bonchev–Trinajstić information content (AvgIpc) is 3.42. The van der Waals surface area contributed by atoms with Crippen molar-refractivity contribution in [3.8, 4) is 28.7 Å². The van der Waals surface area contributed by atoms with Crippen LogP contribution in [0.3, 0.4) is 0 Å². The van der Waals surface area contributed by atoms with Gasteiger partial charge in [0.2, 0.25) is 0 Å². The van der Waals surface area contributed by atoms with Crippen molar-refractivity contribution in [3.05, 3.63) is 83.8 Å². The topological polar surface area (TPSA) is 93.2 Å². The minimum Gasteiger partial charge on any atom is -0.464 e. The smallest absolute Gasteiger partial charge is 0.416 e. The maximum Gasteiger partial charge on any atom is 0.416 e. The van der Waals surface area contributed by atoms with Crippen molar-refractivity contribution in [1.29, 1.82) is 0 Å². The summed E-state index contributed by atoms with van der Waals surface area (Å²) in [5.74, 6) is 0.584. The highest BCUT2D eigenvalue weighted by Crippen LogP contribution is 2.37. The first-order chi connectivity index (χ1) is 19.3. The molecule has 11 heteroatoms. The third-order valence-corrected chi connectivity index (χ3v) is 6.69. The van der Waals surface area contributed by atoms with Crippen LogP contribution in [-0.4, -0.2) is 50.6 Å². The molecule has 0 saturated carbocycles. The van der Waals surface area contributed by atoms with Crippen LogP contribution in [0, 0.1) is 0 Å². The summed E-state index contributed by atoms with van der Waals surface area (Å²) in [6, 6.07) is 16.3. The lowest BCUT2D eigenvalue weighted by atomic mass is 9.96. The molecule has 1 aliphatic rings. The van der Waals surface area contributed by atoms with Crippen LogP contribution < -0.4 is 4.74 Å². The first-order valence-corrected chi connectivity index (χ1v) is 13.0. The van der Waals surface area contributed by atoms with Gasteiger partial charge in [0.05, 0.1) is 29.3 Å². The number of hydrogen-bond acceptors (Lipinski definition) is 6. The summed E-state index contributed by atoms with van der Waals surface area (Å²) < 4.78 is 51.3. The van der Waals surface area contributed by atoms with Gasteiger partial charge in [-0.3, -0.25) is 0 Å². The Morgan fingerprint density at radius 3 is 2.55 bits per heavy atom. The van der Waals surface area contributed by atoms with Gasteiger partial charge in [-0.05, 0) is 43.5 Å². The lowest BCUT2D eigenvalue weighted by molar-refractivity contribution is -0.137. The molecule has 8 nitrogen and oxygen atoms in total. The normalized spacial score (nSPS) is 14.2. The number of amides is 1. The minimum atomic E-state index is -4.49. The standard InChI is InChI=1S/C29H28F3N5O3/c1-2-39-27-33-14-11-23(34-27)25-24(21-9-6-10-22(17-21)29(30,31)32)35-26(36-25)20-12-15-37(16-13-20)28(38)40-18-19-7-4-3-5-8-19/h3-11,14,17,20H,2,12-13,15-16,18H2,1H3,(H,35,36). The van der Waals surface area contributed by atoms with Crippen LogP contribution in [0.2, 0.25) is 0 Å². The average molecular weight is 552 g/mol. The third-order valence-electron chi connectivity index (χ3n) is 6.69. The van der Waals surface area contributed by atoms with Crippen LogP contribution in [0.5, 0.6) is 6.01 Å². The first kappa shape index (κ1) is 27.2. The predicted octanol–water partition coefficient (Wildman–Crippen LogP) is 6.47. The minimum absolute atomic E-state index is 0.0373. The van der Waals surface area contributed by atoms with E-state index in [4.69, 9.17) is 14.5 Å². The Morgan fingerprint density at radius 1 is 1.05 bits per heavy atom. The molecule has 0 atom stereocenters. The van der Waals surface area contributed by atoms with E-state index in [9.17, 15) is 18.0 Å². The van der Waals surface area contributed by atoms with E-state index in [0.29, 0.717) is 61.0 Å². The monoisotopic (exact) mass is 551 g/mol. The number of hydrogen-bond donors (Lipinski definition) is 1. The number of aromatic nitrogens is 4. The number of nitrogens with one attached hydrogen (secondary N) is 1. The third kappa shape index (κ3) is 6.24. The summed E-state index contributed by atoms with van der Waals surface area (Å²) >= 11 is 0. The fraction of sp³-hybridized carbons (Fsp3) is 0.310. The second kappa shape index (κ2) is 11.8. The molecule has 0 radical (unpaired) electrons. The molecule has 1 amide bonds. The zero-order valence-electron chi connectivity index (χ0n) is 21.8. The number of piperidine rings is 1. The number of imidazole rings is 1. The van der Waals surface area contributed by atoms with Crippen LogP contribution in [0.25, 0.3) is 22.6 Å². The predicted molar refractivity (Wildman–Crippen MR) is 141 cm³/mol. The number of benzene rings is 2. The van der Waals surface area contributed by atoms with Gasteiger partial charge in [-0.25, -0.2) is 14.8 Å². The number of H-pyrrole nitrogens is 1. The Labute approximate surface area is 229 Å². The lowest BCUT2D eigenvalue weighted by Gasteiger charge is -2.30.